The molecular formula is C10H9NO2S2. The Kier molecular flexibility index (Phi) is 3.02. The van der Waals surface area contributed by atoms with Crippen molar-refractivity contribution in [1.29, 1.82) is 0 Å². The largest absolute Gasteiger partial charge is 0.324 e. The highest BCUT2D eigenvalue weighted by atomic mass is 32.2. The molecule has 0 radical (unpaired) electrons. The van der Waals surface area contributed by atoms with E-state index >= 15 is 0 Å². The number of Topliss-reactive ketones (excluding diaryl/α,β-unsaturated/α-hetero) is 1. The molecule has 1 amide bonds. The molecule has 0 aromatic heterocycles. The van der Waals surface area contributed by atoms with E-state index in [2.05, 4.69) is 17.9 Å². The first-order valence-electron chi connectivity index (χ1n) is 4.41. The van der Waals surface area contributed by atoms with Crippen LogP contribution in [0.2, 0.25) is 0 Å². The molecular weight excluding hydrogens is 230 g/mol. The smallest absolute Gasteiger partial charge is 0.234 e. The number of fused-ring (bicyclic) bond motifs is 1. The highest BCUT2D eigenvalue weighted by molar-refractivity contribution is 8.00. The van der Waals surface area contributed by atoms with Crippen LogP contribution in [0, 0.1) is 0 Å². The Morgan fingerprint density at radius 3 is 3.07 bits per heavy atom. The average molecular weight is 239 g/mol. The van der Waals surface area contributed by atoms with Gasteiger partial charge < -0.3 is 5.32 Å². The van der Waals surface area contributed by atoms with Gasteiger partial charge in [-0.25, -0.2) is 0 Å². The molecule has 0 bridgehead atoms. The van der Waals surface area contributed by atoms with Crippen molar-refractivity contribution in [3.05, 3.63) is 23.8 Å². The molecule has 0 saturated heterocycles. The predicted octanol–water partition coefficient (Wildman–Crippen LogP) is 1.84. The van der Waals surface area contributed by atoms with Crippen LogP contribution in [0.1, 0.15) is 10.4 Å². The van der Waals surface area contributed by atoms with E-state index in [-0.39, 0.29) is 17.4 Å². The van der Waals surface area contributed by atoms with Gasteiger partial charge in [-0.05, 0) is 12.1 Å². The number of carbonyl (C=O) groups is 2. The quantitative estimate of drug-likeness (QED) is 0.611. The van der Waals surface area contributed by atoms with Crippen LogP contribution in [-0.2, 0) is 4.79 Å². The van der Waals surface area contributed by atoms with Crippen molar-refractivity contribution in [2.24, 2.45) is 0 Å². The third-order valence-electron chi connectivity index (χ3n) is 2.08. The topological polar surface area (TPSA) is 46.2 Å². The van der Waals surface area contributed by atoms with E-state index in [1.54, 1.807) is 12.1 Å². The number of thiol groups is 1. The first-order chi connectivity index (χ1) is 7.20. The van der Waals surface area contributed by atoms with Gasteiger partial charge in [0.2, 0.25) is 5.91 Å². The van der Waals surface area contributed by atoms with Crippen LogP contribution in [0.5, 0.6) is 0 Å². The van der Waals surface area contributed by atoms with E-state index < -0.39 is 0 Å². The highest BCUT2D eigenvalue weighted by Gasteiger charge is 2.16. The van der Waals surface area contributed by atoms with Gasteiger partial charge in [-0.1, -0.05) is 6.07 Å². The zero-order valence-electron chi connectivity index (χ0n) is 7.82. The summed E-state index contributed by atoms with van der Waals surface area (Å²) >= 11 is 5.41. The van der Waals surface area contributed by atoms with Crippen molar-refractivity contribution in [1.82, 2.24) is 0 Å². The summed E-state index contributed by atoms with van der Waals surface area (Å²) in [6.07, 6.45) is 0. The Balaban J connectivity index is 2.36. The van der Waals surface area contributed by atoms with Crippen LogP contribution in [0.25, 0.3) is 0 Å². The zero-order valence-corrected chi connectivity index (χ0v) is 9.53. The van der Waals surface area contributed by atoms with Crippen molar-refractivity contribution in [2.45, 2.75) is 4.90 Å². The van der Waals surface area contributed by atoms with Crippen LogP contribution >= 0.6 is 24.4 Å². The standard InChI is InChI=1S/C10H9NO2S2/c12-8(4-14)6-1-2-9-7(3-6)11-10(13)5-15-9/h1-3,14H,4-5H2,(H,11,13). The monoisotopic (exact) mass is 239 g/mol. The second-order valence-electron chi connectivity index (χ2n) is 3.13. The molecule has 0 atom stereocenters. The fraction of sp³-hybridized carbons (Fsp3) is 0.200. The van der Waals surface area contributed by atoms with Crippen LogP contribution in [0.4, 0.5) is 5.69 Å². The Bertz CT molecular complexity index is 431. The molecule has 1 aliphatic heterocycles. The third kappa shape index (κ3) is 2.18. The van der Waals surface area contributed by atoms with Gasteiger partial charge >= 0.3 is 0 Å². The molecule has 0 aliphatic carbocycles. The van der Waals surface area contributed by atoms with Crippen molar-refractivity contribution < 1.29 is 9.59 Å². The molecule has 15 heavy (non-hydrogen) atoms. The van der Waals surface area contributed by atoms with Gasteiger partial charge in [0, 0.05) is 10.5 Å². The molecule has 1 N–H and O–H groups in total. The maximum Gasteiger partial charge on any atom is 0.234 e. The second-order valence-corrected chi connectivity index (χ2v) is 4.46. The SMILES string of the molecule is O=C1CSc2ccc(C(=O)CS)cc2N1. The molecule has 0 fully saturated rings. The molecule has 2 rings (SSSR count). The van der Waals surface area contributed by atoms with Crippen LogP contribution in [-0.4, -0.2) is 23.2 Å². The minimum Gasteiger partial charge on any atom is -0.324 e. The normalized spacial score (nSPS) is 14.3. The number of hydrogen-bond acceptors (Lipinski definition) is 4. The van der Waals surface area contributed by atoms with Gasteiger partial charge in [0.05, 0.1) is 17.2 Å². The summed E-state index contributed by atoms with van der Waals surface area (Å²) in [5, 5.41) is 2.74. The fourth-order valence-electron chi connectivity index (χ4n) is 1.35. The van der Waals surface area contributed by atoms with Crippen molar-refractivity contribution >= 4 is 41.8 Å². The summed E-state index contributed by atoms with van der Waals surface area (Å²) in [6.45, 7) is 0. The number of amides is 1. The van der Waals surface area contributed by atoms with Crippen molar-refractivity contribution in [2.75, 3.05) is 16.8 Å². The lowest BCUT2D eigenvalue weighted by molar-refractivity contribution is -0.113. The lowest BCUT2D eigenvalue weighted by Crippen LogP contribution is -2.19. The summed E-state index contributed by atoms with van der Waals surface area (Å²) in [5.41, 5.74) is 1.32. The summed E-state index contributed by atoms with van der Waals surface area (Å²) in [7, 11) is 0. The first kappa shape index (κ1) is 10.6. The summed E-state index contributed by atoms with van der Waals surface area (Å²) in [4.78, 5) is 23.5. The number of anilines is 1. The van der Waals surface area contributed by atoms with E-state index in [0.29, 0.717) is 11.3 Å². The summed E-state index contributed by atoms with van der Waals surface area (Å²) in [5.74, 6) is 0.557. The number of thioether (sulfide) groups is 1. The third-order valence-corrected chi connectivity index (χ3v) is 3.44. The fourth-order valence-corrected chi connectivity index (χ4v) is 2.32. The van der Waals surface area contributed by atoms with Gasteiger partial charge in [0.25, 0.3) is 0 Å². The van der Waals surface area contributed by atoms with Crippen LogP contribution < -0.4 is 5.32 Å². The second kappa shape index (κ2) is 4.28. The molecule has 1 aromatic carbocycles. The lowest BCUT2D eigenvalue weighted by Gasteiger charge is -2.16. The predicted molar refractivity (Wildman–Crippen MR) is 64.0 cm³/mol. The highest BCUT2D eigenvalue weighted by Crippen LogP contribution is 2.31. The van der Waals surface area contributed by atoms with E-state index in [0.717, 1.165) is 10.6 Å². The van der Waals surface area contributed by atoms with Crippen LogP contribution in [0.15, 0.2) is 23.1 Å². The summed E-state index contributed by atoms with van der Waals surface area (Å²) < 4.78 is 0. The molecule has 1 aromatic rings. The molecule has 0 unspecified atom stereocenters. The zero-order chi connectivity index (χ0) is 10.8. The van der Waals surface area contributed by atoms with Gasteiger partial charge in [0.15, 0.2) is 5.78 Å². The molecule has 0 spiro atoms. The van der Waals surface area contributed by atoms with Gasteiger partial charge in [-0.2, -0.15) is 12.6 Å². The lowest BCUT2D eigenvalue weighted by atomic mass is 10.1. The van der Waals surface area contributed by atoms with Gasteiger partial charge in [-0.15, -0.1) is 11.8 Å². The molecule has 3 nitrogen and oxygen atoms in total. The van der Waals surface area contributed by atoms with E-state index in [1.807, 2.05) is 6.07 Å². The van der Waals surface area contributed by atoms with Crippen LogP contribution in [0.3, 0.4) is 0 Å². The average Bonchev–Trinajstić information content (AvgIpc) is 2.27. The Labute approximate surface area is 97.0 Å². The first-order valence-corrected chi connectivity index (χ1v) is 6.03. The number of carbonyl (C=O) groups excluding carboxylic acids is 2. The van der Waals surface area contributed by atoms with E-state index in [4.69, 9.17) is 0 Å². The molecule has 0 saturated carbocycles. The molecule has 1 heterocycles. The molecule has 1 aliphatic rings. The van der Waals surface area contributed by atoms with E-state index in [1.165, 1.54) is 11.8 Å². The minimum atomic E-state index is -0.0362. The van der Waals surface area contributed by atoms with E-state index in [9.17, 15) is 9.59 Å². The van der Waals surface area contributed by atoms with Crippen molar-refractivity contribution in [3.63, 3.8) is 0 Å². The van der Waals surface area contributed by atoms with Gasteiger partial charge in [-0.3, -0.25) is 9.59 Å². The maximum absolute atomic E-state index is 11.4. The van der Waals surface area contributed by atoms with Gasteiger partial charge in [0.1, 0.15) is 0 Å². The maximum atomic E-state index is 11.4. The Morgan fingerprint density at radius 2 is 2.33 bits per heavy atom. The number of rotatable bonds is 2. The molecule has 78 valence electrons. The van der Waals surface area contributed by atoms with Crippen molar-refractivity contribution in [3.8, 4) is 0 Å². The minimum absolute atomic E-state index is 0.0250. The number of nitrogens with one attached hydrogen (secondary N) is 1. The number of hydrogen-bond donors (Lipinski definition) is 2. The molecule has 5 heteroatoms. The summed E-state index contributed by atoms with van der Waals surface area (Å²) in [6, 6.07) is 5.33. The Morgan fingerprint density at radius 1 is 1.53 bits per heavy atom. The number of benzene rings is 1. The Hall–Kier alpha value is -0.940. The number of ketones is 1.